The van der Waals surface area contributed by atoms with E-state index in [-0.39, 0.29) is 36.4 Å². The molecule has 0 spiro atoms. The van der Waals surface area contributed by atoms with Crippen molar-refractivity contribution in [3.8, 4) is 5.75 Å². The molecule has 2 aliphatic heterocycles. The largest absolute Gasteiger partial charge is 0.495 e. The van der Waals surface area contributed by atoms with Crippen molar-refractivity contribution < 1.29 is 31.1 Å². The standard InChI is InChI=1S/C32H39F3N6O4S/c1-20-7-8-21(28(16-20)40(2)46(4,43)44)9-11-26-25(32(33,34)35)19-36-31(38-26)39-27-12-10-22(17-29(27)45-3)30(42)37-23-13-15-41-14-5-6-24(41)18-23/h7-8,10,12,16-17,19,23-24H,5-6,9,11,13-15,18H2,1-4H3,(H,37,42)(H,36,38,39). The number of benzene rings is 2. The Balaban J connectivity index is 1.34. The van der Waals surface area contributed by atoms with E-state index in [2.05, 4.69) is 25.5 Å². The first kappa shape index (κ1) is 33.5. The maximum absolute atomic E-state index is 14.0. The number of ether oxygens (including phenoxy) is 1. The van der Waals surface area contributed by atoms with Crippen molar-refractivity contribution >= 4 is 33.3 Å². The van der Waals surface area contributed by atoms with Crippen LogP contribution in [0.2, 0.25) is 0 Å². The number of aromatic nitrogens is 2. The highest BCUT2D eigenvalue weighted by molar-refractivity contribution is 7.92. The number of piperidine rings is 1. The fourth-order valence-electron chi connectivity index (χ4n) is 6.20. The van der Waals surface area contributed by atoms with E-state index in [4.69, 9.17) is 4.74 Å². The number of aryl methyl sites for hydroxylation is 3. The molecule has 10 nitrogen and oxygen atoms in total. The van der Waals surface area contributed by atoms with Crippen molar-refractivity contribution in [1.82, 2.24) is 20.2 Å². The minimum atomic E-state index is -4.70. The maximum Gasteiger partial charge on any atom is 0.419 e. The number of halogens is 3. The van der Waals surface area contributed by atoms with E-state index in [0.29, 0.717) is 34.3 Å². The van der Waals surface area contributed by atoms with E-state index in [1.165, 1.54) is 20.6 Å². The molecule has 0 aliphatic carbocycles. The van der Waals surface area contributed by atoms with Crippen LogP contribution in [0.25, 0.3) is 0 Å². The number of hydrogen-bond donors (Lipinski definition) is 2. The molecule has 1 aromatic heterocycles. The number of amides is 1. The summed E-state index contributed by atoms with van der Waals surface area (Å²) in [6.45, 7) is 3.90. The minimum absolute atomic E-state index is 0.0841. The smallest absolute Gasteiger partial charge is 0.419 e. The first-order valence-electron chi connectivity index (χ1n) is 15.2. The van der Waals surface area contributed by atoms with Crippen LogP contribution in [0.5, 0.6) is 5.75 Å². The third-order valence-corrected chi connectivity index (χ3v) is 9.94. The van der Waals surface area contributed by atoms with Gasteiger partial charge in [0.2, 0.25) is 16.0 Å². The molecule has 2 N–H and O–H groups in total. The van der Waals surface area contributed by atoms with Gasteiger partial charge in [-0.1, -0.05) is 12.1 Å². The average Bonchev–Trinajstić information content (AvgIpc) is 3.47. The molecule has 248 valence electrons. The fraction of sp³-hybridized carbons (Fsp3) is 0.469. The average molecular weight is 661 g/mol. The molecule has 2 fully saturated rings. The van der Waals surface area contributed by atoms with E-state index in [1.807, 2.05) is 0 Å². The van der Waals surface area contributed by atoms with Crippen LogP contribution in [0.1, 0.15) is 58.4 Å². The molecule has 2 atom stereocenters. The van der Waals surface area contributed by atoms with Crippen molar-refractivity contribution in [2.75, 3.05) is 43.1 Å². The third-order valence-electron chi connectivity index (χ3n) is 8.75. The van der Waals surface area contributed by atoms with Gasteiger partial charge in [-0.3, -0.25) is 9.10 Å². The zero-order valence-electron chi connectivity index (χ0n) is 26.3. The molecule has 3 aromatic rings. The first-order valence-corrected chi connectivity index (χ1v) is 17.0. The number of carbonyl (C=O) groups is 1. The Kier molecular flexibility index (Phi) is 9.78. The van der Waals surface area contributed by atoms with Crippen molar-refractivity contribution in [3.05, 3.63) is 70.5 Å². The summed E-state index contributed by atoms with van der Waals surface area (Å²) in [5.74, 6) is 0.00184. The van der Waals surface area contributed by atoms with Gasteiger partial charge in [0, 0.05) is 37.4 Å². The number of hydrogen-bond acceptors (Lipinski definition) is 8. The van der Waals surface area contributed by atoms with Crippen LogP contribution in [-0.2, 0) is 29.0 Å². The predicted octanol–water partition coefficient (Wildman–Crippen LogP) is 5.09. The lowest BCUT2D eigenvalue weighted by Gasteiger charge is -2.35. The van der Waals surface area contributed by atoms with Gasteiger partial charge in [-0.25, -0.2) is 18.4 Å². The maximum atomic E-state index is 14.0. The highest BCUT2D eigenvalue weighted by atomic mass is 32.2. The van der Waals surface area contributed by atoms with Crippen LogP contribution >= 0.6 is 0 Å². The zero-order valence-corrected chi connectivity index (χ0v) is 27.1. The van der Waals surface area contributed by atoms with Crippen LogP contribution in [0.3, 0.4) is 0 Å². The number of anilines is 3. The van der Waals surface area contributed by atoms with Gasteiger partial charge in [0.25, 0.3) is 5.91 Å². The summed E-state index contributed by atoms with van der Waals surface area (Å²) in [7, 11) is -0.758. The second-order valence-electron chi connectivity index (χ2n) is 12.0. The van der Waals surface area contributed by atoms with E-state index < -0.39 is 21.8 Å². The Morgan fingerprint density at radius 2 is 1.91 bits per heavy atom. The topological polar surface area (TPSA) is 117 Å². The number of nitrogens with zero attached hydrogens (tertiary/aromatic N) is 4. The summed E-state index contributed by atoms with van der Waals surface area (Å²) in [4.78, 5) is 23.7. The first-order chi connectivity index (χ1) is 21.7. The molecule has 0 bridgehead atoms. The van der Waals surface area contributed by atoms with E-state index in [0.717, 1.165) is 54.7 Å². The van der Waals surface area contributed by atoms with Crippen LogP contribution in [0.4, 0.5) is 30.5 Å². The molecule has 5 rings (SSSR count). The zero-order chi connectivity index (χ0) is 33.2. The molecular formula is C32H39F3N6O4S. The normalized spacial score (nSPS) is 18.6. The fourth-order valence-corrected chi connectivity index (χ4v) is 6.72. The minimum Gasteiger partial charge on any atom is -0.495 e. The Labute approximate surface area is 267 Å². The highest BCUT2D eigenvalue weighted by Crippen LogP contribution is 2.34. The second kappa shape index (κ2) is 13.4. The molecule has 14 heteroatoms. The number of fused-ring (bicyclic) bond motifs is 1. The van der Waals surface area contributed by atoms with Gasteiger partial charge in [-0.05, 0) is 87.4 Å². The lowest BCUT2D eigenvalue weighted by atomic mass is 9.97. The van der Waals surface area contributed by atoms with Gasteiger partial charge in [0.1, 0.15) is 5.75 Å². The molecule has 2 unspecified atom stereocenters. The molecular weight excluding hydrogens is 621 g/mol. The quantitative estimate of drug-likeness (QED) is 0.309. The lowest BCUT2D eigenvalue weighted by molar-refractivity contribution is -0.138. The molecule has 0 radical (unpaired) electrons. The summed E-state index contributed by atoms with van der Waals surface area (Å²) >= 11 is 0. The van der Waals surface area contributed by atoms with Gasteiger partial charge in [0.15, 0.2) is 0 Å². The Morgan fingerprint density at radius 1 is 1.13 bits per heavy atom. The Morgan fingerprint density at radius 3 is 2.63 bits per heavy atom. The van der Waals surface area contributed by atoms with E-state index in [9.17, 15) is 26.4 Å². The summed E-state index contributed by atoms with van der Waals surface area (Å²) < 4.78 is 73.0. The summed E-state index contributed by atoms with van der Waals surface area (Å²) in [5.41, 5.74) is 1.31. The second-order valence-corrected chi connectivity index (χ2v) is 14.0. The van der Waals surface area contributed by atoms with Crippen molar-refractivity contribution in [2.45, 2.75) is 63.7 Å². The number of carbonyl (C=O) groups excluding carboxylic acids is 1. The number of rotatable bonds is 10. The van der Waals surface area contributed by atoms with Crippen molar-refractivity contribution in [1.29, 1.82) is 0 Å². The Bertz CT molecular complexity index is 1700. The van der Waals surface area contributed by atoms with Crippen molar-refractivity contribution in [3.63, 3.8) is 0 Å². The lowest BCUT2D eigenvalue weighted by Crippen LogP contribution is -2.47. The summed E-state index contributed by atoms with van der Waals surface area (Å²) in [6.07, 6.45) is 1.23. The van der Waals surface area contributed by atoms with Gasteiger partial charge < -0.3 is 20.3 Å². The third kappa shape index (κ3) is 7.72. The highest BCUT2D eigenvalue weighted by Gasteiger charge is 2.35. The number of nitrogens with one attached hydrogen (secondary N) is 2. The van der Waals surface area contributed by atoms with Crippen molar-refractivity contribution in [2.24, 2.45) is 0 Å². The SMILES string of the molecule is COc1cc(C(=O)NC2CCN3CCCC3C2)ccc1Nc1ncc(C(F)(F)F)c(CCc2ccc(C)cc2N(C)S(C)(=O)=O)n1. The number of methoxy groups -OCH3 is 1. The molecule has 2 aliphatic rings. The molecule has 3 heterocycles. The van der Waals surface area contributed by atoms with Crippen LogP contribution in [0, 0.1) is 6.92 Å². The van der Waals surface area contributed by atoms with E-state index in [1.54, 1.807) is 43.3 Å². The summed E-state index contributed by atoms with van der Waals surface area (Å²) in [6, 6.07) is 10.6. The van der Waals surface area contributed by atoms with Crippen LogP contribution < -0.4 is 19.7 Å². The summed E-state index contributed by atoms with van der Waals surface area (Å²) in [5, 5.41) is 6.07. The predicted molar refractivity (Wildman–Crippen MR) is 170 cm³/mol. The number of alkyl halides is 3. The molecule has 2 aromatic carbocycles. The Hall–Kier alpha value is -3.91. The molecule has 0 saturated carbocycles. The van der Waals surface area contributed by atoms with Crippen LogP contribution in [-0.4, -0.2) is 74.8 Å². The number of sulfonamides is 1. The monoisotopic (exact) mass is 660 g/mol. The van der Waals surface area contributed by atoms with Crippen LogP contribution in [0.15, 0.2) is 42.6 Å². The van der Waals surface area contributed by atoms with Gasteiger partial charge in [0.05, 0.1) is 36.0 Å². The molecule has 2 saturated heterocycles. The van der Waals surface area contributed by atoms with Gasteiger partial charge >= 0.3 is 6.18 Å². The van der Waals surface area contributed by atoms with E-state index >= 15 is 0 Å². The molecule has 1 amide bonds. The molecule has 46 heavy (non-hydrogen) atoms. The van der Waals surface area contributed by atoms with Gasteiger partial charge in [-0.2, -0.15) is 13.2 Å². The van der Waals surface area contributed by atoms with Gasteiger partial charge in [-0.15, -0.1) is 0 Å².